The van der Waals surface area contributed by atoms with Crippen LogP contribution in [-0.4, -0.2) is 58.8 Å². The highest BCUT2D eigenvalue weighted by Gasteiger charge is 2.47. The summed E-state index contributed by atoms with van der Waals surface area (Å²) in [6, 6.07) is 3.75. The molecular formula is C18H26FNO5S. The molecule has 2 heterocycles. The summed E-state index contributed by atoms with van der Waals surface area (Å²) in [5.41, 5.74) is -0.254. The average molecular weight is 387 g/mol. The van der Waals surface area contributed by atoms with Crippen LogP contribution >= 0.6 is 0 Å². The van der Waals surface area contributed by atoms with Gasteiger partial charge in [0.2, 0.25) is 10.0 Å². The van der Waals surface area contributed by atoms with E-state index in [0.717, 1.165) is 18.9 Å². The maximum absolute atomic E-state index is 13.9. The lowest BCUT2D eigenvalue weighted by atomic mass is 9.78. The lowest BCUT2D eigenvalue weighted by Crippen LogP contribution is -2.49. The highest BCUT2D eigenvalue weighted by molar-refractivity contribution is 7.89. The molecule has 2 fully saturated rings. The van der Waals surface area contributed by atoms with Crippen molar-refractivity contribution >= 4 is 10.0 Å². The van der Waals surface area contributed by atoms with Crippen molar-refractivity contribution in [3.63, 3.8) is 0 Å². The Bertz CT molecular complexity index is 731. The van der Waals surface area contributed by atoms with Gasteiger partial charge in [0.15, 0.2) is 11.6 Å². The van der Waals surface area contributed by atoms with Crippen molar-refractivity contribution in [3.05, 3.63) is 24.0 Å². The lowest BCUT2D eigenvalue weighted by molar-refractivity contribution is -0.0603. The largest absolute Gasteiger partial charge is 0.494 e. The summed E-state index contributed by atoms with van der Waals surface area (Å²) < 4.78 is 57.2. The Morgan fingerprint density at radius 1 is 1.31 bits per heavy atom. The number of halogens is 1. The molecule has 1 spiro atoms. The fraction of sp³-hybridized carbons (Fsp3) is 0.667. The minimum atomic E-state index is -3.73. The second-order valence-corrected chi connectivity index (χ2v) is 8.82. The highest BCUT2D eigenvalue weighted by atomic mass is 32.2. The fourth-order valence-corrected chi connectivity index (χ4v) is 5.52. The molecule has 2 saturated heterocycles. The van der Waals surface area contributed by atoms with Crippen LogP contribution < -0.4 is 4.74 Å². The Kier molecular flexibility index (Phi) is 5.86. The van der Waals surface area contributed by atoms with E-state index in [1.165, 1.54) is 23.5 Å². The zero-order chi connectivity index (χ0) is 18.8. The van der Waals surface area contributed by atoms with Crippen LogP contribution in [0.1, 0.15) is 25.7 Å². The normalized spacial score (nSPS) is 23.4. The van der Waals surface area contributed by atoms with Crippen molar-refractivity contribution in [2.75, 3.05) is 40.5 Å². The van der Waals surface area contributed by atoms with Crippen LogP contribution in [0.2, 0.25) is 0 Å². The van der Waals surface area contributed by atoms with Gasteiger partial charge in [0.25, 0.3) is 0 Å². The van der Waals surface area contributed by atoms with Gasteiger partial charge in [-0.1, -0.05) is 0 Å². The minimum Gasteiger partial charge on any atom is -0.494 e. The molecule has 146 valence electrons. The molecule has 8 heteroatoms. The van der Waals surface area contributed by atoms with E-state index in [4.69, 9.17) is 14.2 Å². The zero-order valence-corrected chi connectivity index (χ0v) is 16.1. The maximum atomic E-state index is 13.9. The van der Waals surface area contributed by atoms with Gasteiger partial charge in [-0.2, -0.15) is 4.31 Å². The van der Waals surface area contributed by atoms with E-state index in [0.29, 0.717) is 45.1 Å². The van der Waals surface area contributed by atoms with Gasteiger partial charge < -0.3 is 14.2 Å². The highest BCUT2D eigenvalue weighted by Crippen LogP contribution is 2.43. The number of hydrogen-bond acceptors (Lipinski definition) is 5. The number of nitrogens with zero attached hydrogens (tertiary/aromatic N) is 1. The van der Waals surface area contributed by atoms with Crippen molar-refractivity contribution in [2.45, 2.75) is 36.2 Å². The Labute approximate surface area is 154 Å². The molecule has 3 rings (SSSR count). The van der Waals surface area contributed by atoms with Crippen LogP contribution in [0.3, 0.4) is 0 Å². The summed E-state index contributed by atoms with van der Waals surface area (Å²) in [6.45, 7) is 2.15. The zero-order valence-electron chi connectivity index (χ0n) is 15.2. The number of benzene rings is 1. The van der Waals surface area contributed by atoms with Gasteiger partial charge in [-0.25, -0.2) is 12.8 Å². The summed E-state index contributed by atoms with van der Waals surface area (Å²) in [7, 11) is -0.701. The van der Waals surface area contributed by atoms with Crippen molar-refractivity contribution in [2.24, 2.45) is 5.92 Å². The second kappa shape index (κ2) is 7.80. The summed E-state index contributed by atoms with van der Waals surface area (Å²) >= 11 is 0. The van der Waals surface area contributed by atoms with Gasteiger partial charge in [-0.15, -0.1) is 0 Å². The third kappa shape index (κ3) is 3.60. The van der Waals surface area contributed by atoms with Crippen LogP contribution in [-0.2, 0) is 19.5 Å². The van der Waals surface area contributed by atoms with Gasteiger partial charge >= 0.3 is 0 Å². The first kappa shape index (κ1) is 19.5. The molecule has 2 aliphatic heterocycles. The molecular weight excluding hydrogens is 361 g/mol. The van der Waals surface area contributed by atoms with Crippen LogP contribution in [0.5, 0.6) is 5.75 Å². The third-order valence-electron chi connectivity index (χ3n) is 5.60. The second-order valence-electron chi connectivity index (χ2n) is 6.88. The van der Waals surface area contributed by atoms with Crippen molar-refractivity contribution in [1.82, 2.24) is 4.31 Å². The topological polar surface area (TPSA) is 65.1 Å². The number of rotatable bonds is 6. The molecule has 6 nitrogen and oxygen atoms in total. The molecule has 2 aliphatic rings. The summed E-state index contributed by atoms with van der Waals surface area (Å²) in [5.74, 6) is -0.256. The molecule has 0 N–H and O–H groups in total. The molecule has 1 aromatic rings. The lowest BCUT2D eigenvalue weighted by Gasteiger charge is -2.41. The Morgan fingerprint density at radius 3 is 2.65 bits per heavy atom. The summed E-state index contributed by atoms with van der Waals surface area (Å²) in [5, 5.41) is 0. The molecule has 0 bridgehead atoms. The van der Waals surface area contributed by atoms with Crippen LogP contribution in [0.15, 0.2) is 23.1 Å². The van der Waals surface area contributed by atoms with Crippen LogP contribution in [0.25, 0.3) is 0 Å². The summed E-state index contributed by atoms with van der Waals surface area (Å²) in [6.07, 6.45) is 3.21. The first-order valence-electron chi connectivity index (χ1n) is 8.89. The summed E-state index contributed by atoms with van der Waals surface area (Å²) in [4.78, 5) is -0.0463. The molecule has 0 radical (unpaired) electrons. The van der Waals surface area contributed by atoms with E-state index >= 15 is 0 Å². The molecule has 1 aromatic carbocycles. The van der Waals surface area contributed by atoms with Crippen molar-refractivity contribution in [3.8, 4) is 5.75 Å². The SMILES string of the molecule is COCCC1CCOC12CCN(S(=O)(=O)c1ccc(OC)c(F)c1)CC2. The maximum Gasteiger partial charge on any atom is 0.243 e. The number of piperidine rings is 1. The molecule has 26 heavy (non-hydrogen) atoms. The first-order chi connectivity index (χ1) is 12.4. The first-order valence-corrected chi connectivity index (χ1v) is 10.3. The van der Waals surface area contributed by atoms with Gasteiger partial charge in [0, 0.05) is 33.4 Å². The molecule has 0 aliphatic carbocycles. The molecule has 0 saturated carbocycles. The van der Waals surface area contributed by atoms with Crippen LogP contribution in [0.4, 0.5) is 4.39 Å². The fourth-order valence-electron chi connectivity index (χ4n) is 4.07. The van der Waals surface area contributed by atoms with E-state index in [9.17, 15) is 12.8 Å². The predicted molar refractivity (Wildman–Crippen MR) is 94.2 cm³/mol. The van der Waals surface area contributed by atoms with E-state index in [2.05, 4.69) is 0 Å². The Morgan fingerprint density at radius 2 is 2.04 bits per heavy atom. The smallest absolute Gasteiger partial charge is 0.243 e. The predicted octanol–water partition coefficient (Wildman–Crippen LogP) is 2.43. The molecule has 1 atom stereocenters. The standard InChI is InChI=1S/C18H26FNO5S/c1-23-11-5-14-6-12-25-18(14)7-9-20(10-8-18)26(21,22)15-3-4-17(24-2)16(19)13-15/h3-4,13-14H,5-12H2,1-2H3. The number of methoxy groups -OCH3 is 2. The quantitative estimate of drug-likeness (QED) is 0.750. The van der Waals surface area contributed by atoms with E-state index in [1.54, 1.807) is 7.11 Å². The van der Waals surface area contributed by atoms with E-state index in [-0.39, 0.29) is 16.2 Å². The minimum absolute atomic E-state index is 0.0295. The average Bonchev–Trinajstić information content (AvgIpc) is 3.02. The monoisotopic (exact) mass is 387 g/mol. The molecule has 1 unspecified atom stereocenters. The van der Waals surface area contributed by atoms with Gasteiger partial charge in [-0.3, -0.25) is 0 Å². The number of hydrogen-bond donors (Lipinski definition) is 0. The van der Waals surface area contributed by atoms with Crippen molar-refractivity contribution < 1.29 is 27.0 Å². The van der Waals surface area contributed by atoms with Crippen LogP contribution in [0, 0.1) is 11.7 Å². The Balaban J connectivity index is 1.71. The molecule has 0 amide bonds. The van der Waals surface area contributed by atoms with Gasteiger partial charge in [-0.05, 0) is 49.8 Å². The van der Waals surface area contributed by atoms with Gasteiger partial charge in [0.1, 0.15) is 0 Å². The van der Waals surface area contributed by atoms with Gasteiger partial charge in [0.05, 0.1) is 17.6 Å². The van der Waals surface area contributed by atoms with E-state index in [1.807, 2.05) is 0 Å². The Hall–Kier alpha value is -1.22. The van der Waals surface area contributed by atoms with Crippen molar-refractivity contribution in [1.29, 1.82) is 0 Å². The third-order valence-corrected chi connectivity index (χ3v) is 7.49. The van der Waals surface area contributed by atoms with E-state index < -0.39 is 15.8 Å². The molecule has 0 aromatic heterocycles. The number of ether oxygens (including phenoxy) is 3. The number of sulfonamides is 1.